The van der Waals surface area contributed by atoms with E-state index in [0.29, 0.717) is 39.3 Å². The van der Waals surface area contributed by atoms with Gasteiger partial charge in [0.2, 0.25) is 15.9 Å². The van der Waals surface area contributed by atoms with Gasteiger partial charge >= 0.3 is 0 Å². The maximum atomic E-state index is 13.0. The van der Waals surface area contributed by atoms with Crippen LogP contribution in [0, 0.1) is 0 Å². The van der Waals surface area contributed by atoms with Crippen LogP contribution in [0.15, 0.2) is 23.1 Å². The van der Waals surface area contributed by atoms with E-state index in [4.69, 9.17) is 16.3 Å². The summed E-state index contributed by atoms with van der Waals surface area (Å²) < 4.78 is 33.6. The van der Waals surface area contributed by atoms with Crippen molar-refractivity contribution in [3.8, 4) is 0 Å². The highest BCUT2D eigenvalue weighted by atomic mass is 35.5. The van der Waals surface area contributed by atoms with E-state index in [0.717, 1.165) is 38.8 Å². The first-order valence-corrected chi connectivity index (χ1v) is 13.4. The van der Waals surface area contributed by atoms with Gasteiger partial charge in [0.15, 0.2) is 0 Å². The number of carbonyl (C=O) groups excluding carboxylic acids is 2. The first-order valence-electron chi connectivity index (χ1n) is 11.5. The number of ether oxygens (including phenoxy) is 1. The van der Waals surface area contributed by atoms with Crippen molar-refractivity contribution in [3.05, 3.63) is 28.8 Å². The summed E-state index contributed by atoms with van der Waals surface area (Å²) in [5, 5.41) is 0.0663. The topological polar surface area (TPSA) is 99.3 Å². The lowest BCUT2D eigenvalue weighted by Gasteiger charge is -2.35. The lowest BCUT2D eigenvalue weighted by atomic mass is 10.2. The first kappa shape index (κ1) is 24.4. The number of hydrogen-bond donors (Lipinski definition) is 1. The fourth-order valence-corrected chi connectivity index (χ4v) is 6.07. The Labute approximate surface area is 200 Å². The number of sulfonamides is 1. The van der Waals surface area contributed by atoms with Crippen LogP contribution in [0.25, 0.3) is 0 Å². The standard InChI is InChI=1S/C22H31ClN4O5S/c23-19-6-5-17(14-20(19)33(30,31)24-15-18-4-3-13-32-18)22(29)27-11-9-25(10-12-27)16-21(28)26-7-1-2-8-26/h5-6,14,18,24H,1-4,7-13,15-16H2. The molecule has 1 unspecified atom stereocenters. The van der Waals surface area contributed by atoms with E-state index in [9.17, 15) is 18.0 Å². The van der Waals surface area contributed by atoms with Gasteiger partial charge in [-0.2, -0.15) is 0 Å². The molecule has 182 valence electrons. The van der Waals surface area contributed by atoms with E-state index in [-0.39, 0.29) is 39.9 Å². The van der Waals surface area contributed by atoms with E-state index >= 15 is 0 Å². The molecular formula is C22H31ClN4O5S. The van der Waals surface area contributed by atoms with Crippen molar-refractivity contribution < 1.29 is 22.7 Å². The molecule has 0 saturated carbocycles. The maximum Gasteiger partial charge on any atom is 0.253 e. The van der Waals surface area contributed by atoms with Gasteiger partial charge < -0.3 is 14.5 Å². The average Bonchev–Trinajstić information content (AvgIpc) is 3.52. The molecule has 11 heteroatoms. The highest BCUT2D eigenvalue weighted by Crippen LogP contribution is 2.24. The zero-order valence-electron chi connectivity index (χ0n) is 18.7. The zero-order valence-corrected chi connectivity index (χ0v) is 20.2. The van der Waals surface area contributed by atoms with Crippen molar-refractivity contribution in [2.24, 2.45) is 0 Å². The third-order valence-corrected chi connectivity index (χ3v) is 8.37. The molecule has 0 radical (unpaired) electrons. The number of amides is 2. The molecule has 1 atom stereocenters. The van der Waals surface area contributed by atoms with Gasteiger partial charge in [-0.1, -0.05) is 11.6 Å². The predicted molar refractivity (Wildman–Crippen MR) is 124 cm³/mol. The fraction of sp³-hybridized carbons (Fsp3) is 0.636. The molecular weight excluding hydrogens is 468 g/mol. The Morgan fingerprint density at radius 2 is 1.76 bits per heavy atom. The van der Waals surface area contributed by atoms with Crippen LogP contribution in [0.5, 0.6) is 0 Å². The molecule has 3 fully saturated rings. The lowest BCUT2D eigenvalue weighted by molar-refractivity contribution is -0.131. The van der Waals surface area contributed by atoms with E-state index in [1.807, 2.05) is 4.90 Å². The third kappa shape index (κ3) is 6.05. The molecule has 3 aliphatic heterocycles. The molecule has 0 aromatic heterocycles. The minimum Gasteiger partial charge on any atom is -0.377 e. The summed E-state index contributed by atoms with van der Waals surface area (Å²) in [5.41, 5.74) is 0.276. The van der Waals surface area contributed by atoms with Gasteiger partial charge in [-0.15, -0.1) is 0 Å². The average molecular weight is 499 g/mol. The molecule has 1 N–H and O–H groups in total. The van der Waals surface area contributed by atoms with E-state index in [1.165, 1.54) is 12.1 Å². The van der Waals surface area contributed by atoms with Crippen LogP contribution in [0.4, 0.5) is 0 Å². The summed E-state index contributed by atoms with van der Waals surface area (Å²) in [4.78, 5) is 31.0. The van der Waals surface area contributed by atoms with Crippen LogP contribution in [0.1, 0.15) is 36.0 Å². The van der Waals surface area contributed by atoms with Crippen LogP contribution in [0.2, 0.25) is 5.02 Å². The van der Waals surface area contributed by atoms with E-state index in [1.54, 1.807) is 11.0 Å². The second kappa shape index (κ2) is 10.7. The van der Waals surface area contributed by atoms with Crippen molar-refractivity contribution >= 4 is 33.4 Å². The number of nitrogens with one attached hydrogen (secondary N) is 1. The minimum atomic E-state index is -3.88. The van der Waals surface area contributed by atoms with E-state index < -0.39 is 10.0 Å². The number of carbonyl (C=O) groups is 2. The van der Waals surface area contributed by atoms with Crippen LogP contribution in [-0.4, -0.2) is 100 Å². The molecule has 1 aromatic rings. The number of halogens is 1. The Morgan fingerprint density at radius 1 is 1.03 bits per heavy atom. The Hall–Kier alpha value is -1.72. The Kier molecular flexibility index (Phi) is 7.91. The molecule has 3 aliphatic rings. The van der Waals surface area contributed by atoms with Gasteiger partial charge in [0.1, 0.15) is 4.90 Å². The Morgan fingerprint density at radius 3 is 2.42 bits per heavy atom. The van der Waals surface area contributed by atoms with Gasteiger partial charge in [-0.05, 0) is 43.9 Å². The quantitative estimate of drug-likeness (QED) is 0.606. The second-order valence-corrected chi connectivity index (χ2v) is 10.9. The van der Waals surface area contributed by atoms with Gasteiger partial charge in [-0.25, -0.2) is 13.1 Å². The molecule has 3 heterocycles. The molecule has 4 rings (SSSR count). The normalized spacial score (nSPS) is 22.2. The molecule has 0 aliphatic carbocycles. The summed E-state index contributed by atoms with van der Waals surface area (Å²) >= 11 is 6.17. The SMILES string of the molecule is O=C(CN1CCN(C(=O)c2ccc(Cl)c(S(=O)(=O)NCC3CCCO3)c2)CC1)N1CCCC1. The van der Waals surface area contributed by atoms with Gasteiger partial charge in [-0.3, -0.25) is 14.5 Å². The third-order valence-electron chi connectivity index (χ3n) is 6.47. The summed E-state index contributed by atoms with van der Waals surface area (Å²) in [5.74, 6) is -0.0944. The van der Waals surface area contributed by atoms with Crippen LogP contribution in [-0.2, 0) is 19.6 Å². The predicted octanol–water partition coefficient (Wildman–Crippen LogP) is 1.18. The number of hydrogen-bond acceptors (Lipinski definition) is 6. The number of likely N-dealkylation sites (tertiary alicyclic amines) is 1. The number of piperazine rings is 1. The Bertz CT molecular complexity index is 969. The highest BCUT2D eigenvalue weighted by Gasteiger charge is 2.28. The number of rotatable bonds is 7. The maximum absolute atomic E-state index is 13.0. The van der Waals surface area contributed by atoms with Gasteiger partial charge in [0.05, 0.1) is 17.7 Å². The molecule has 1 aromatic carbocycles. The number of nitrogens with zero attached hydrogens (tertiary/aromatic N) is 3. The summed E-state index contributed by atoms with van der Waals surface area (Å²) in [6, 6.07) is 4.33. The van der Waals surface area contributed by atoms with Gasteiger partial charge in [0, 0.05) is 58.0 Å². The molecule has 2 amide bonds. The largest absolute Gasteiger partial charge is 0.377 e. The molecule has 0 spiro atoms. The van der Waals surface area contributed by atoms with Crippen molar-refractivity contribution in [2.75, 3.05) is 59.0 Å². The van der Waals surface area contributed by atoms with Crippen molar-refractivity contribution in [3.63, 3.8) is 0 Å². The Balaban J connectivity index is 1.35. The number of benzene rings is 1. The summed E-state index contributed by atoms with van der Waals surface area (Å²) in [7, 11) is -3.88. The molecule has 9 nitrogen and oxygen atoms in total. The monoisotopic (exact) mass is 498 g/mol. The van der Waals surface area contributed by atoms with E-state index in [2.05, 4.69) is 9.62 Å². The second-order valence-electron chi connectivity index (χ2n) is 8.79. The zero-order chi connectivity index (χ0) is 23.4. The summed E-state index contributed by atoms with van der Waals surface area (Å²) in [6.07, 6.45) is 3.71. The molecule has 0 bridgehead atoms. The first-order chi connectivity index (χ1) is 15.8. The van der Waals surface area contributed by atoms with Crippen molar-refractivity contribution in [1.82, 2.24) is 19.4 Å². The highest BCUT2D eigenvalue weighted by molar-refractivity contribution is 7.89. The minimum absolute atomic E-state index is 0.0663. The van der Waals surface area contributed by atoms with Crippen molar-refractivity contribution in [2.45, 2.75) is 36.7 Å². The molecule has 3 saturated heterocycles. The smallest absolute Gasteiger partial charge is 0.253 e. The van der Waals surface area contributed by atoms with Crippen LogP contribution in [0.3, 0.4) is 0 Å². The van der Waals surface area contributed by atoms with Crippen LogP contribution < -0.4 is 4.72 Å². The fourth-order valence-electron chi connectivity index (χ4n) is 4.48. The summed E-state index contributed by atoms with van der Waals surface area (Å²) in [6.45, 7) is 5.03. The van der Waals surface area contributed by atoms with Gasteiger partial charge in [0.25, 0.3) is 5.91 Å². The lowest BCUT2D eigenvalue weighted by Crippen LogP contribution is -2.51. The van der Waals surface area contributed by atoms with Crippen molar-refractivity contribution in [1.29, 1.82) is 0 Å². The van der Waals surface area contributed by atoms with Crippen LogP contribution >= 0.6 is 11.6 Å². The molecule has 33 heavy (non-hydrogen) atoms.